The van der Waals surface area contributed by atoms with Crippen LogP contribution in [0.5, 0.6) is 0 Å². The van der Waals surface area contributed by atoms with Gasteiger partial charge in [-0.3, -0.25) is 0 Å². The van der Waals surface area contributed by atoms with E-state index in [1.165, 1.54) is 25.3 Å². The van der Waals surface area contributed by atoms with Gasteiger partial charge in [0.05, 0.1) is 0 Å². The Balaban J connectivity index is 1.97. The van der Waals surface area contributed by atoms with Crippen molar-refractivity contribution in [3.8, 4) is 0 Å². The lowest BCUT2D eigenvalue weighted by Gasteiger charge is -2.29. The molecule has 0 aliphatic heterocycles. The van der Waals surface area contributed by atoms with Crippen molar-refractivity contribution in [2.24, 2.45) is 0 Å². The highest BCUT2D eigenvalue weighted by atomic mass is 19.1. The van der Waals surface area contributed by atoms with Gasteiger partial charge in [-0.1, -0.05) is 12.8 Å². The lowest BCUT2D eigenvalue weighted by Crippen LogP contribution is -2.34. The Morgan fingerprint density at radius 1 is 1.22 bits per heavy atom. The van der Waals surface area contributed by atoms with Crippen LogP contribution in [0.15, 0.2) is 28.7 Å². The number of halogens is 1. The maximum Gasteiger partial charge on any atom is 0.134 e. The number of furan rings is 1. The topological polar surface area (TPSA) is 25.2 Å². The van der Waals surface area contributed by atoms with E-state index in [1.807, 2.05) is 13.1 Å². The van der Waals surface area contributed by atoms with E-state index in [1.54, 1.807) is 12.1 Å². The summed E-state index contributed by atoms with van der Waals surface area (Å²) in [4.78, 5) is 0. The van der Waals surface area contributed by atoms with Crippen LogP contribution in [-0.4, -0.2) is 13.1 Å². The smallest absolute Gasteiger partial charge is 0.134 e. The highest BCUT2D eigenvalue weighted by Gasteiger charge is 2.27. The molecule has 0 bridgehead atoms. The first-order chi connectivity index (χ1) is 8.78. The SMILES string of the molecule is CNC1CCCCC1c1cc2cc(F)ccc2o1. The predicted octanol–water partition coefficient (Wildman–Crippen LogP) is 3.82. The molecule has 1 saturated carbocycles. The van der Waals surface area contributed by atoms with Crippen molar-refractivity contribution in [1.82, 2.24) is 5.32 Å². The maximum atomic E-state index is 13.2. The van der Waals surface area contributed by atoms with Crippen molar-refractivity contribution < 1.29 is 8.81 Å². The number of fused-ring (bicyclic) bond motifs is 1. The largest absolute Gasteiger partial charge is 0.461 e. The highest BCUT2D eigenvalue weighted by Crippen LogP contribution is 2.35. The third kappa shape index (κ3) is 2.03. The van der Waals surface area contributed by atoms with Crippen LogP contribution < -0.4 is 5.32 Å². The normalized spacial score (nSPS) is 24.6. The second kappa shape index (κ2) is 4.73. The average Bonchev–Trinajstić information content (AvgIpc) is 2.81. The van der Waals surface area contributed by atoms with E-state index in [0.29, 0.717) is 12.0 Å². The zero-order valence-corrected chi connectivity index (χ0v) is 10.6. The number of benzene rings is 1. The Kier molecular flexibility index (Phi) is 3.08. The standard InChI is InChI=1S/C15H18FNO/c1-17-13-5-3-2-4-12(13)15-9-10-8-11(16)6-7-14(10)18-15/h6-9,12-13,17H,2-5H2,1H3. The summed E-state index contributed by atoms with van der Waals surface area (Å²) in [5.41, 5.74) is 0.784. The second-order valence-electron chi connectivity index (χ2n) is 5.12. The molecule has 1 N–H and O–H groups in total. The van der Waals surface area contributed by atoms with E-state index in [9.17, 15) is 4.39 Å². The second-order valence-corrected chi connectivity index (χ2v) is 5.12. The Morgan fingerprint density at radius 2 is 2.06 bits per heavy atom. The van der Waals surface area contributed by atoms with Gasteiger partial charge >= 0.3 is 0 Å². The van der Waals surface area contributed by atoms with Crippen LogP contribution in [0.1, 0.15) is 37.4 Å². The molecule has 1 aliphatic carbocycles. The number of hydrogen-bond acceptors (Lipinski definition) is 2. The van der Waals surface area contributed by atoms with Gasteiger partial charge in [0.25, 0.3) is 0 Å². The van der Waals surface area contributed by atoms with Crippen molar-refractivity contribution in [2.45, 2.75) is 37.6 Å². The molecule has 0 amide bonds. The summed E-state index contributed by atoms with van der Waals surface area (Å²) >= 11 is 0. The molecule has 1 aromatic heterocycles. The molecule has 3 rings (SSSR count). The van der Waals surface area contributed by atoms with Crippen LogP contribution in [0.2, 0.25) is 0 Å². The molecule has 1 heterocycles. The van der Waals surface area contributed by atoms with Gasteiger partial charge < -0.3 is 9.73 Å². The first kappa shape index (κ1) is 11.7. The fraction of sp³-hybridized carbons (Fsp3) is 0.467. The monoisotopic (exact) mass is 247 g/mol. The summed E-state index contributed by atoms with van der Waals surface area (Å²) in [5.74, 6) is 1.21. The van der Waals surface area contributed by atoms with Crippen molar-refractivity contribution >= 4 is 11.0 Å². The van der Waals surface area contributed by atoms with Crippen LogP contribution in [0.4, 0.5) is 4.39 Å². The molecule has 1 aromatic carbocycles. The fourth-order valence-corrected chi connectivity index (χ4v) is 3.03. The molecule has 0 saturated heterocycles. The Bertz CT molecular complexity index is 548. The molecular weight excluding hydrogens is 229 g/mol. The quantitative estimate of drug-likeness (QED) is 0.872. The summed E-state index contributed by atoms with van der Waals surface area (Å²) in [6, 6.07) is 7.18. The summed E-state index contributed by atoms with van der Waals surface area (Å²) in [7, 11) is 2.01. The first-order valence-electron chi connectivity index (χ1n) is 6.64. The van der Waals surface area contributed by atoms with E-state index < -0.39 is 0 Å². The molecule has 1 aliphatic rings. The van der Waals surface area contributed by atoms with Crippen molar-refractivity contribution in [2.75, 3.05) is 7.05 Å². The molecular formula is C15H18FNO. The van der Waals surface area contributed by atoms with Crippen molar-refractivity contribution in [1.29, 1.82) is 0 Å². The first-order valence-corrected chi connectivity index (χ1v) is 6.64. The van der Waals surface area contributed by atoms with Crippen LogP contribution >= 0.6 is 0 Å². The van der Waals surface area contributed by atoms with E-state index in [-0.39, 0.29) is 5.82 Å². The van der Waals surface area contributed by atoms with Gasteiger partial charge in [-0.25, -0.2) is 4.39 Å². The number of nitrogens with one attached hydrogen (secondary N) is 1. The van der Waals surface area contributed by atoms with Gasteiger partial charge in [0, 0.05) is 17.3 Å². The third-order valence-corrected chi connectivity index (χ3v) is 4.00. The molecule has 2 unspecified atom stereocenters. The van der Waals surface area contributed by atoms with Crippen molar-refractivity contribution in [3.05, 3.63) is 35.8 Å². The van der Waals surface area contributed by atoms with Crippen LogP contribution in [0.25, 0.3) is 11.0 Å². The Labute approximate surface area is 106 Å². The van der Waals surface area contributed by atoms with Crippen LogP contribution in [-0.2, 0) is 0 Å². The van der Waals surface area contributed by atoms with Gasteiger partial charge in [-0.05, 0) is 44.2 Å². The zero-order chi connectivity index (χ0) is 12.5. The van der Waals surface area contributed by atoms with Gasteiger partial charge in [-0.2, -0.15) is 0 Å². The highest BCUT2D eigenvalue weighted by molar-refractivity contribution is 5.78. The van der Waals surface area contributed by atoms with E-state index in [2.05, 4.69) is 5.32 Å². The van der Waals surface area contributed by atoms with E-state index >= 15 is 0 Å². The lowest BCUT2D eigenvalue weighted by molar-refractivity contribution is 0.309. The lowest BCUT2D eigenvalue weighted by atomic mass is 9.83. The predicted molar refractivity (Wildman–Crippen MR) is 70.2 cm³/mol. The Morgan fingerprint density at radius 3 is 2.89 bits per heavy atom. The van der Waals surface area contributed by atoms with Gasteiger partial charge in [0.15, 0.2) is 0 Å². The minimum absolute atomic E-state index is 0.205. The van der Waals surface area contributed by atoms with Crippen LogP contribution in [0, 0.1) is 5.82 Å². The van der Waals surface area contributed by atoms with E-state index in [4.69, 9.17) is 4.42 Å². The minimum Gasteiger partial charge on any atom is -0.461 e. The zero-order valence-electron chi connectivity index (χ0n) is 10.6. The molecule has 96 valence electrons. The van der Waals surface area contributed by atoms with Crippen molar-refractivity contribution in [3.63, 3.8) is 0 Å². The molecule has 0 radical (unpaired) electrons. The van der Waals surface area contributed by atoms with Gasteiger partial charge in [0.1, 0.15) is 17.2 Å². The fourth-order valence-electron chi connectivity index (χ4n) is 3.03. The van der Waals surface area contributed by atoms with Gasteiger partial charge in [-0.15, -0.1) is 0 Å². The molecule has 0 spiro atoms. The number of rotatable bonds is 2. The molecule has 1 fully saturated rings. The Hall–Kier alpha value is -1.35. The average molecular weight is 247 g/mol. The number of hydrogen-bond donors (Lipinski definition) is 1. The third-order valence-electron chi connectivity index (χ3n) is 4.00. The summed E-state index contributed by atoms with van der Waals surface area (Å²) in [6.45, 7) is 0. The minimum atomic E-state index is -0.205. The summed E-state index contributed by atoms with van der Waals surface area (Å²) < 4.78 is 19.1. The van der Waals surface area contributed by atoms with Crippen LogP contribution in [0.3, 0.4) is 0 Å². The molecule has 18 heavy (non-hydrogen) atoms. The van der Waals surface area contributed by atoms with E-state index in [0.717, 1.165) is 23.2 Å². The molecule has 2 nitrogen and oxygen atoms in total. The summed E-state index contributed by atoms with van der Waals surface area (Å²) in [5, 5.41) is 4.24. The maximum absolute atomic E-state index is 13.2. The molecule has 2 atom stereocenters. The molecule has 3 heteroatoms. The number of likely N-dealkylation sites (N-methyl/N-ethyl adjacent to an activating group) is 1. The van der Waals surface area contributed by atoms with Gasteiger partial charge in [0.2, 0.25) is 0 Å². The molecule has 2 aromatic rings. The summed E-state index contributed by atoms with van der Waals surface area (Å²) in [6.07, 6.45) is 4.85.